The predicted octanol–water partition coefficient (Wildman–Crippen LogP) is 6.07. The quantitative estimate of drug-likeness (QED) is 0.298. The number of thiophene rings is 1. The molecule has 1 fully saturated rings. The summed E-state index contributed by atoms with van der Waals surface area (Å²) in [5.74, 6) is 0.316. The van der Waals surface area contributed by atoms with Gasteiger partial charge in [-0.1, -0.05) is 66.7 Å². The first kappa shape index (κ1) is 28.1. The monoisotopic (exact) mass is 531 g/mol. The van der Waals surface area contributed by atoms with Crippen molar-refractivity contribution in [3.8, 4) is 0 Å². The molecule has 1 aliphatic carbocycles. The molecule has 202 valence electrons. The Morgan fingerprint density at radius 2 is 1.50 bits per heavy atom. The van der Waals surface area contributed by atoms with E-state index in [-0.39, 0.29) is 29.3 Å². The first-order valence-corrected chi connectivity index (χ1v) is 14.7. The van der Waals surface area contributed by atoms with Crippen molar-refractivity contribution in [2.45, 2.75) is 68.9 Å². The number of hydrogen-bond acceptors (Lipinski definition) is 4. The van der Waals surface area contributed by atoms with E-state index in [1.54, 1.807) is 0 Å². The highest BCUT2D eigenvalue weighted by molar-refractivity contribution is 7.10. The summed E-state index contributed by atoms with van der Waals surface area (Å²) < 4.78 is 0. The molecule has 2 aromatic carbocycles. The Hall–Kier alpha value is -2.96. The molecular formula is C32H41N3O2S. The average Bonchev–Trinajstić information content (AvgIpc) is 3.48. The van der Waals surface area contributed by atoms with Crippen LogP contribution in [0.25, 0.3) is 0 Å². The van der Waals surface area contributed by atoms with Crippen molar-refractivity contribution in [3.63, 3.8) is 0 Å². The summed E-state index contributed by atoms with van der Waals surface area (Å²) in [5.41, 5.74) is 2.59. The molecule has 6 heteroatoms. The Balaban J connectivity index is 1.16. The van der Waals surface area contributed by atoms with Gasteiger partial charge in [0.05, 0.1) is 5.54 Å². The van der Waals surface area contributed by atoms with E-state index in [1.807, 2.05) is 23.5 Å². The van der Waals surface area contributed by atoms with Crippen molar-refractivity contribution in [2.75, 3.05) is 20.6 Å². The number of nitrogens with one attached hydrogen (secondary N) is 2. The fraction of sp³-hybridized carbons (Fsp3) is 0.438. The normalized spacial score (nSPS) is 19.4. The molecule has 38 heavy (non-hydrogen) atoms. The topological polar surface area (TPSA) is 61.4 Å². The molecule has 5 nitrogen and oxygen atoms in total. The van der Waals surface area contributed by atoms with E-state index in [9.17, 15) is 9.59 Å². The highest BCUT2D eigenvalue weighted by Crippen LogP contribution is 2.43. The summed E-state index contributed by atoms with van der Waals surface area (Å²) in [4.78, 5) is 28.8. The Bertz CT molecular complexity index is 1080. The van der Waals surface area contributed by atoms with Crippen molar-refractivity contribution >= 4 is 23.2 Å². The second kappa shape index (κ2) is 13.7. The maximum Gasteiger partial charge on any atom is 0.220 e. The minimum Gasteiger partial charge on any atom is -0.356 e. The fourth-order valence-corrected chi connectivity index (χ4v) is 6.81. The summed E-state index contributed by atoms with van der Waals surface area (Å²) in [5, 5.41) is 8.44. The SMILES string of the molecule is CN(C)C1(c2cccs2)CCC(NC(=O)CCCC(=O)NCCC(c2ccccc2)c2ccccc2)CC1. The lowest BCUT2D eigenvalue weighted by Gasteiger charge is -2.44. The molecule has 1 aliphatic rings. The van der Waals surface area contributed by atoms with Gasteiger partial charge in [-0.2, -0.15) is 0 Å². The maximum absolute atomic E-state index is 12.6. The lowest BCUT2D eigenvalue weighted by atomic mass is 9.77. The predicted molar refractivity (Wildman–Crippen MR) is 156 cm³/mol. The van der Waals surface area contributed by atoms with Crippen LogP contribution in [0, 0.1) is 0 Å². The number of nitrogens with zero attached hydrogens (tertiary/aromatic N) is 1. The van der Waals surface area contributed by atoms with Crippen LogP contribution in [0.15, 0.2) is 78.2 Å². The smallest absolute Gasteiger partial charge is 0.220 e. The maximum atomic E-state index is 12.6. The molecule has 1 aromatic heterocycles. The van der Waals surface area contributed by atoms with Gasteiger partial charge >= 0.3 is 0 Å². The van der Waals surface area contributed by atoms with Gasteiger partial charge in [0.1, 0.15) is 0 Å². The molecule has 1 saturated carbocycles. The molecule has 0 aliphatic heterocycles. The van der Waals surface area contributed by atoms with Crippen molar-refractivity contribution in [3.05, 3.63) is 94.2 Å². The second-order valence-electron chi connectivity index (χ2n) is 10.6. The van der Waals surface area contributed by atoms with E-state index in [0.717, 1.165) is 32.1 Å². The highest BCUT2D eigenvalue weighted by atomic mass is 32.1. The molecule has 0 spiro atoms. The van der Waals surface area contributed by atoms with Crippen LogP contribution in [0.5, 0.6) is 0 Å². The van der Waals surface area contributed by atoms with E-state index in [0.29, 0.717) is 25.8 Å². The fourth-order valence-electron chi connectivity index (χ4n) is 5.75. The third-order valence-electron chi connectivity index (χ3n) is 7.98. The molecule has 0 radical (unpaired) electrons. The van der Waals surface area contributed by atoms with E-state index in [4.69, 9.17) is 0 Å². The molecule has 3 aromatic rings. The third-order valence-corrected chi connectivity index (χ3v) is 9.04. The molecular weight excluding hydrogens is 490 g/mol. The van der Waals surface area contributed by atoms with Gasteiger partial charge in [-0.25, -0.2) is 0 Å². The van der Waals surface area contributed by atoms with E-state index in [2.05, 4.69) is 95.7 Å². The Labute approximate surface area is 231 Å². The van der Waals surface area contributed by atoms with Crippen molar-refractivity contribution in [1.29, 1.82) is 0 Å². The summed E-state index contributed by atoms with van der Waals surface area (Å²) in [6.07, 6.45) is 6.22. The van der Waals surface area contributed by atoms with Gasteiger partial charge in [-0.15, -0.1) is 11.3 Å². The van der Waals surface area contributed by atoms with Crippen LogP contribution in [-0.4, -0.2) is 43.4 Å². The Morgan fingerprint density at radius 3 is 2.05 bits per heavy atom. The number of hydrogen-bond donors (Lipinski definition) is 2. The molecule has 0 unspecified atom stereocenters. The Morgan fingerprint density at radius 1 is 0.895 bits per heavy atom. The summed E-state index contributed by atoms with van der Waals surface area (Å²) >= 11 is 1.82. The van der Waals surface area contributed by atoms with Crippen LogP contribution < -0.4 is 10.6 Å². The van der Waals surface area contributed by atoms with Crippen LogP contribution in [0.2, 0.25) is 0 Å². The first-order valence-electron chi connectivity index (χ1n) is 13.9. The van der Waals surface area contributed by atoms with Crippen LogP contribution in [0.3, 0.4) is 0 Å². The zero-order chi connectivity index (χ0) is 26.8. The third kappa shape index (κ3) is 7.33. The highest BCUT2D eigenvalue weighted by Gasteiger charge is 2.39. The zero-order valence-electron chi connectivity index (χ0n) is 22.7. The molecule has 4 rings (SSSR count). The standard InChI is InChI=1S/C32H41N3O2S/c1-35(2)32(29-15-10-24-38-29)21-18-27(19-22-32)34-31(37)17-9-16-30(36)33-23-20-28(25-11-5-3-6-12-25)26-13-7-4-8-14-26/h3-8,10-15,24,27-28H,9,16-23H2,1-2H3,(H,33,36)(H,34,37). The lowest BCUT2D eigenvalue weighted by Crippen LogP contribution is -2.48. The minimum absolute atomic E-state index is 0.0158. The molecule has 2 N–H and O–H groups in total. The van der Waals surface area contributed by atoms with Gasteiger partial charge in [0.25, 0.3) is 0 Å². The first-order chi connectivity index (χ1) is 18.5. The number of amides is 2. The van der Waals surface area contributed by atoms with E-state index < -0.39 is 0 Å². The van der Waals surface area contributed by atoms with Crippen molar-refractivity contribution < 1.29 is 9.59 Å². The molecule has 1 heterocycles. The van der Waals surface area contributed by atoms with Crippen LogP contribution >= 0.6 is 11.3 Å². The summed E-state index contributed by atoms with van der Waals surface area (Å²) in [6, 6.07) is 25.5. The van der Waals surface area contributed by atoms with Gasteiger partial charge in [0.2, 0.25) is 11.8 Å². The summed E-state index contributed by atoms with van der Waals surface area (Å²) in [7, 11) is 4.32. The number of carbonyl (C=O) groups is 2. The van der Waals surface area contributed by atoms with Gasteiger partial charge in [0, 0.05) is 36.2 Å². The molecule has 0 saturated heterocycles. The van der Waals surface area contributed by atoms with Crippen LogP contribution in [0.4, 0.5) is 0 Å². The second-order valence-corrected chi connectivity index (χ2v) is 11.6. The number of rotatable bonds is 12. The van der Waals surface area contributed by atoms with Crippen molar-refractivity contribution in [2.24, 2.45) is 0 Å². The van der Waals surface area contributed by atoms with E-state index >= 15 is 0 Å². The van der Waals surface area contributed by atoms with Crippen LogP contribution in [0.1, 0.15) is 73.3 Å². The van der Waals surface area contributed by atoms with Gasteiger partial charge in [-0.3, -0.25) is 14.5 Å². The minimum atomic E-state index is 0.0158. The molecule has 0 bridgehead atoms. The zero-order valence-corrected chi connectivity index (χ0v) is 23.5. The van der Waals surface area contributed by atoms with Gasteiger partial charge in [0.15, 0.2) is 0 Å². The molecule has 2 amide bonds. The molecule has 0 atom stereocenters. The lowest BCUT2D eigenvalue weighted by molar-refractivity contribution is -0.123. The van der Waals surface area contributed by atoms with Crippen molar-refractivity contribution in [1.82, 2.24) is 15.5 Å². The van der Waals surface area contributed by atoms with Gasteiger partial charge in [-0.05, 0) is 75.2 Å². The number of carbonyl (C=O) groups excluding carboxylic acids is 2. The number of benzene rings is 2. The Kier molecular flexibility index (Phi) is 10.1. The van der Waals surface area contributed by atoms with Crippen LogP contribution in [-0.2, 0) is 15.1 Å². The largest absolute Gasteiger partial charge is 0.356 e. The average molecular weight is 532 g/mol. The van der Waals surface area contributed by atoms with E-state index in [1.165, 1.54) is 16.0 Å². The summed E-state index contributed by atoms with van der Waals surface area (Å²) in [6.45, 7) is 0.611. The van der Waals surface area contributed by atoms with Gasteiger partial charge < -0.3 is 10.6 Å².